The molecular weight excluding hydrogens is 296 g/mol. The van der Waals surface area contributed by atoms with E-state index in [-0.39, 0.29) is 18.1 Å². The van der Waals surface area contributed by atoms with E-state index < -0.39 is 12.1 Å². The minimum atomic E-state index is -1.08. The Labute approximate surface area is 132 Å². The van der Waals surface area contributed by atoms with Crippen molar-refractivity contribution >= 4 is 17.6 Å². The number of aliphatic hydroxyl groups is 1. The fourth-order valence-electron chi connectivity index (χ4n) is 3.15. The average Bonchev–Trinajstić information content (AvgIpc) is 3.11. The fraction of sp³-hybridized carbons (Fsp3) is 0.167. The minimum Gasteiger partial charge on any atom is -0.478 e. The maximum atomic E-state index is 11.7. The second kappa shape index (κ2) is 5.14. The van der Waals surface area contributed by atoms with Gasteiger partial charge in [-0.1, -0.05) is 30.3 Å². The summed E-state index contributed by atoms with van der Waals surface area (Å²) in [4.78, 5) is 11.7. The SMILES string of the molecule is O=C(O)c1c(/C=C2\c3ccccc3C[C@H]2O)ccc2c1OCO2. The lowest BCUT2D eigenvalue weighted by Gasteiger charge is -2.09. The molecule has 2 aliphatic rings. The Kier molecular flexibility index (Phi) is 3.09. The van der Waals surface area contributed by atoms with Crippen LogP contribution in [0.1, 0.15) is 27.0 Å². The zero-order valence-corrected chi connectivity index (χ0v) is 12.2. The Morgan fingerprint density at radius 1 is 1.17 bits per heavy atom. The molecule has 0 bridgehead atoms. The van der Waals surface area contributed by atoms with Crippen molar-refractivity contribution in [1.29, 1.82) is 0 Å². The Hall–Kier alpha value is -2.79. The highest BCUT2D eigenvalue weighted by atomic mass is 16.7. The maximum absolute atomic E-state index is 11.7. The van der Waals surface area contributed by atoms with Crippen LogP contribution in [0.4, 0.5) is 0 Å². The summed E-state index contributed by atoms with van der Waals surface area (Å²) in [5.74, 6) is -0.412. The molecule has 1 atom stereocenters. The number of aliphatic hydroxyl groups excluding tert-OH is 1. The summed E-state index contributed by atoms with van der Waals surface area (Å²) < 4.78 is 10.5. The molecule has 2 aromatic rings. The molecule has 0 amide bonds. The molecule has 4 rings (SSSR count). The zero-order chi connectivity index (χ0) is 16.0. The van der Waals surface area contributed by atoms with Crippen molar-refractivity contribution in [2.24, 2.45) is 0 Å². The van der Waals surface area contributed by atoms with Gasteiger partial charge in [-0.25, -0.2) is 4.79 Å². The molecule has 0 unspecified atom stereocenters. The molecule has 2 aromatic carbocycles. The summed E-state index contributed by atoms with van der Waals surface area (Å²) in [6, 6.07) is 11.1. The molecule has 0 aromatic heterocycles. The quantitative estimate of drug-likeness (QED) is 0.891. The lowest BCUT2D eigenvalue weighted by molar-refractivity contribution is 0.0692. The first-order valence-corrected chi connectivity index (χ1v) is 7.29. The zero-order valence-electron chi connectivity index (χ0n) is 12.2. The Balaban J connectivity index is 1.88. The number of ether oxygens (including phenoxy) is 2. The van der Waals surface area contributed by atoms with Crippen molar-refractivity contribution in [3.63, 3.8) is 0 Å². The normalized spacial score (nSPS) is 19.9. The van der Waals surface area contributed by atoms with Crippen molar-refractivity contribution in [3.8, 4) is 11.5 Å². The van der Waals surface area contributed by atoms with Gasteiger partial charge < -0.3 is 19.7 Å². The number of aromatic carboxylic acids is 1. The molecule has 5 nitrogen and oxygen atoms in total. The van der Waals surface area contributed by atoms with Crippen LogP contribution in [0.2, 0.25) is 0 Å². The molecule has 23 heavy (non-hydrogen) atoms. The van der Waals surface area contributed by atoms with Crippen LogP contribution in [0, 0.1) is 0 Å². The number of carboxylic acid groups (broad SMARTS) is 1. The number of hydrogen-bond donors (Lipinski definition) is 2. The van der Waals surface area contributed by atoms with E-state index in [0.29, 0.717) is 17.7 Å². The topological polar surface area (TPSA) is 76.0 Å². The van der Waals surface area contributed by atoms with Gasteiger partial charge in [0.25, 0.3) is 0 Å². The van der Waals surface area contributed by atoms with Crippen LogP contribution < -0.4 is 9.47 Å². The molecule has 5 heteroatoms. The van der Waals surface area contributed by atoms with E-state index in [9.17, 15) is 15.0 Å². The molecule has 0 saturated carbocycles. The number of rotatable bonds is 2. The minimum absolute atomic E-state index is 0.0150. The van der Waals surface area contributed by atoms with E-state index in [2.05, 4.69) is 0 Å². The first-order chi connectivity index (χ1) is 11.1. The summed E-state index contributed by atoms with van der Waals surface area (Å²) in [7, 11) is 0. The first kappa shape index (κ1) is 13.8. The summed E-state index contributed by atoms with van der Waals surface area (Å²) in [5.41, 5.74) is 3.29. The molecule has 0 spiro atoms. The van der Waals surface area contributed by atoms with Crippen LogP contribution in [0.25, 0.3) is 11.6 Å². The van der Waals surface area contributed by atoms with Crippen molar-refractivity contribution in [2.75, 3.05) is 6.79 Å². The van der Waals surface area contributed by atoms with E-state index in [1.54, 1.807) is 18.2 Å². The van der Waals surface area contributed by atoms with E-state index in [1.165, 1.54) is 0 Å². The number of benzene rings is 2. The summed E-state index contributed by atoms with van der Waals surface area (Å²) in [6.45, 7) is 0.0150. The van der Waals surface area contributed by atoms with Crippen LogP contribution in [0.5, 0.6) is 11.5 Å². The van der Waals surface area contributed by atoms with Gasteiger partial charge in [-0.05, 0) is 34.4 Å². The van der Waals surface area contributed by atoms with E-state index in [1.807, 2.05) is 24.3 Å². The van der Waals surface area contributed by atoms with Gasteiger partial charge in [0.1, 0.15) is 5.56 Å². The van der Waals surface area contributed by atoms with Gasteiger partial charge in [-0.2, -0.15) is 0 Å². The molecule has 116 valence electrons. The van der Waals surface area contributed by atoms with E-state index in [4.69, 9.17) is 9.47 Å². The monoisotopic (exact) mass is 310 g/mol. The van der Waals surface area contributed by atoms with Crippen LogP contribution in [-0.2, 0) is 6.42 Å². The smallest absolute Gasteiger partial charge is 0.340 e. The van der Waals surface area contributed by atoms with Gasteiger partial charge in [0.05, 0.1) is 6.10 Å². The predicted molar refractivity (Wildman–Crippen MR) is 83.5 cm³/mol. The number of hydrogen-bond acceptors (Lipinski definition) is 4. The second-order valence-corrected chi connectivity index (χ2v) is 5.55. The third kappa shape index (κ3) is 2.17. The fourth-order valence-corrected chi connectivity index (χ4v) is 3.15. The standard InChI is InChI=1S/C18H14O5/c19-14-8-10-3-1-2-4-12(10)13(14)7-11-5-6-15-17(23-9-22-15)16(11)18(20)21/h1-7,14,19H,8-9H2,(H,20,21)/b13-7+/t14-/m1/s1. The molecule has 0 fully saturated rings. The van der Waals surface area contributed by atoms with Gasteiger partial charge in [0, 0.05) is 6.42 Å². The van der Waals surface area contributed by atoms with Gasteiger partial charge in [0.2, 0.25) is 6.79 Å². The molecule has 1 aliphatic carbocycles. The number of fused-ring (bicyclic) bond motifs is 2. The maximum Gasteiger partial charge on any atom is 0.340 e. The van der Waals surface area contributed by atoms with Gasteiger partial charge in [-0.15, -0.1) is 0 Å². The average molecular weight is 310 g/mol. The predicted octanol–water partition coefficient (Wildman–Crippen LogP) is 2.57. The lowest BCUT2D eigenvalue weighted by atomic mass is 9.99. The molecule has 2 N–H and O–H groups in total. The Morgan fingerprint density at radius 3 is 2.83 bits per heavy atom. The third-order valence-electron chi connectivity index (χ3n) is 4.20. The van der Waals surface area contributed by atoms with Crippen LogP contribution in [-0.4, -0.2) is 29.1 Å². The summed E-state index contributed by atoms with van der Waals surface area (Å²) in [5, 5.41) is 19.9. The molecule has 1 heterocycles. The van der Waals surface area contributed by atoms with E-state index in [0.717, 1.165) is 16.7 Å². The van der Waals surface area contributed by atoms with Gasteiger partial charge in [-0.3, -0.25) is 0 Å². The highest BCUT2D eigenvalue weighted by Gasteiger charge is 2.28. The summed E-state index contributed by atoms with van der Waals surface area (Å²) >= 11 is 0. The second-order valence-electron chi connectivity index (χ2n) is 5.55. The van der Waals surface area contributed by atoms with Gasteiger partial charge >= 0.3 is 5.97 Å². The highest BCUT2D eigenvalue weighted by molar-refractivity contribution is 6.00. The van der Waals surface area contributed by atoms with Crippen molar-refractivity contribution < 1.29 is 24.5 Å². The first-order valence-electron chi connectivity index (χ1n) is 7.29. The Morgan fingerprint density at radius 2 is 2.00 bits per heavy atom. The number of carbonyl (C=O) groups is 1. The third-order valence-corrected chi connectivity index (χ3v) is 4.20. The van der Waals surface area contributed by atoms with Gasteiger partial charge in [0.15, 0.2) is 11.5 Å². The summed E-state index contributed by atoms with van der Waals surface area (Å²) in [6.07, 6.45) is 1.62. The van der Waals surface area contributed by atoms with Crippen LogP contribution in [0.3, 0.4) is 0 Å². The largest absolute Gasteiger partial charge is 0.478 e. The van der Waals surface area contributed by atoms with Crippen LogP contribution >= 0.6 is 0 Å². The molecule has 0 saturated heterocycles. The van der Waals surface area contributed by atoms with Crippen molar-refractivity contribution in [2.45, 2.75) is 12.5 Å². The molecule has 1 aliphatic heterocycles. The van der Waals surface area contributed by atoms with Crippen LogP contribution in [0.15, 0.2) is 36.4 Å². The van der Waals surface area contributed by atoms with Crippen molar-refractivity contribution in [3.05, 3.63) is 58.7 Å². The lowest BCUT2D eigenvalue weighted by Crippen LogP contribution is -2.06. The molecular formula is C18H14O5. The van der Waals surface area contributed by atoms with Crippen molar-refractivity contribution in [1.82, 2.24) is 0 Å². The van der Waals surface area contributed by atoms with E-state index >= 15 is 0 Å². The highest BCUT2D eigenvalue weighted by Crippen LogP contribution is 2.40. The molecule has 0 radical (unpaired) electrons. The Bertz CT molecular complexity index is 837. The number of carboxylic acids is 1.